The summed E-state index contributed by atoms with van der Waals surface area (Å²) in [7, 11) is 1.80. The Balaban J connectivity index is 2.09. The predicted octanol–water partition coefficient (Wildman–Crippen LogP) is 0.799. The van der Waals surface area contributed by atoms with Crippen LogP contribution in [0.25, 0.3) is 0 Å². The number of anilines is 1. The molecule has 2 aromatic heterocycles. The van der Waals surface area contributed by atoms with Crippen molar-refractivity contribution in [3.05, 3.63) is 36.1 Å². The summed E-state index contributed by atoms with van der Waals surface area (Å²) in [6.45, 7) is 0.512. The molecule has 1 N–H and O–H groups in total. The van der Waals surface area contributed by atoms with Crippen molar-refractivity contribution >= 4 is 11.8 Å². The monoisotopic (exact) mass is 234 g/mol. The lowest BCUT2D eigenvalue weighted by Gasteiger charge is -2.15. The Bertz CT molecular complexity index is 495. The molecule has 0 saturated heterocycles. The zero-order valence-electron chi connectivity index (χ0n) is 9.07. The quantitative estimate of drug-likeness (QED) is 0.836. The van der Waals surface area contributed by atoms with Gasteiger partial charge in [-0.15, -0.1) is 0 Å². The maximum absolute atomic E-state index is 10.6. The number of carbonyl (C=O) groups is 1. The SMILES string of the molecule is CN(Cc1ccon1)c1cnc(C(=O)O)cn1. The molecule has 0 radical (unpaired) electrons. The van der Waals surface area contributed by atoms with Gasteiger partial charge in [0.05, 0.1) is 18.9 Å². The van der Waals surface area contributed by atoms with Crippen LogP contribution in [0.3, 0.4) is 0 Å². The molecule has 2 heterocycles. The van der Waals surface area contributed by atoms with Crippen molar-refractivity contribution in [1.82, 2.24) is 15.1 Å². The highest BCUT2D eigenvalue weighted by Crippen LogP contribution is 2.10. The molecule has 0 aliphatic rings. The number of aromatic carboxylic acids is 1. The first-order chi connectivity index (χ1) is 8.16. The van der Waals surface area contributed by atoms with Crippen molar-refractivity contribution in [2.24, 2.45) is 0 Å². The molecule has 0 spiro atoms. The third-order valence-corrected chi connectivity index (χ3v) is 2.14. The lowest BCUT2D eigenvalue weighted by Crippen LogP contribution is -2.18. The van der Waals surface area contributed by atoms with Crippen molar-refractivity contribution in [2.45, 2.75) is 6.54 Å². The summed E-state index contributed by atoms with van der Waals surface area (Å²) in [5.41, 5.74) is 0.681. The first-order valence-corrected chi connectivity index (χ1v) is 4.82. The van der Waals surface area contributed by atoms with Gasteiger partial charge >= 0.3 is 5.97 Å². The van der Waals surface area contributed by atoms with Gasteiger partial charge in [0.1, 0.15) is 17.8 Å². The van der Waals surface area contributed by atoms with Crippen molar-refractivity contribution < 1.29 is 14.4 Å². The molecule has 0 unspecified atom stereocenters. The molecule has 0 amide bonds. The number of carboxylic acids is 1. The summed E-state index contributed by atoms with van der Waals surface area (Å²) in [6.07, 6.45) is 4.11. The topological polar surface area (TPSA) is 92.4 Å². The standard InChI is InChI=1S/C10H10N4O3/c1-14(6-7-2-3-17-13-7)9-5-11-8(4-12-9)10(15)16/h2-5H,6H2,1H3,(H,15,16). The molecule has 0 saturated carbocycles. The van der Waals surface area contributed by atoms with Crippen LogP contribution < -0.4 is 4.90 Å². The molecule has 0 aliphatic carbocycles. The number of hydrogen-bond acceptors (Lipinski definition) is 6. The summed E-state index contributed by atoms with van der Waals surface area (Å²) < 4.78 is 4.71. The minimum atomic E-state index is -1.09. The maximum atomic E-state index is 10.6. The van der Waals surface area contributed by atoms with Crippen molar-refractivity contribution in [1.29, 1.82) is 0 Å². The Labute approximate surface area is 96.7 Å². The van der Waals surface area contributed by atoms with Crippen LogP contribution in [0.2, 0.25) is 0 Å². The molecule has 2 rings (SSSR count). The highest BCUT2D eigenvalue weighted by molar-refractivity contribution is 5.84. The van der Waals surface area contributed by atoms with E-state index in [1.54, 1.807) is 18.0 Å². The fraction of sp³-hybridized carbons (Fsp3) is 0.200. The van der Waals surface area contributed by atoms with Gasteiger partial charge in [-0.1, -0.05) is 5.16 Å². The van der Waals surface area contributed by atoms with Crippen LogP contribution >= 0.6 is 0 Å². The normalized spacial score (nSPS) is 10.2. The average molecular weight is 234 g/mol. The van der Waals surface area contributed by atoms with E-state index in [0.717, 1.165) is 5.69 Å². The van der Waals surface area contributed by atoms with Crippen LogP contribution in [0.1, 0.15) is 16.2 Å². The molecule has 0 fully saturated rings. The van der Waals surface area contributed by atoms with Gasteiger partial charge < -0.3 is 14.5 Å². The second-order valence-corrected chi connectivity index (χ2v) is 3.41. The summed E-state index contributed by atoms with van der Waals surface area (Å²) in [6, 6.07) is 1.75. The highest BCUT2D eigenvalue weighted by atomic mass is 16.5. The van der Waals surface area contributed by atoms with E-state index in [9.17, 15) is 4.79 Å². The summed E-state index contributed by atoms with van der Waals surface area (Å²) in [5.74, 6) is -0.527. The van der Waals surface area contributed by atoms with Crippen LogP contribution in [0.15, 0.2) is 29.2 Å². The number of aromatic nitrogens is 3. The minimum absolute atomic E-state index is 0.0800. The summed E-state index contributed by atoms with van der Waals surface area (Å²) in [4.78, 5) is 20.2. The second-order valence-electron chi connectivity index (χ2n) is 3.41. The molecule has 17 heavy (non-hydrogen) atoms. The Morgan fingerprint density at radius 2 is 2.29 bits per heavy atom. The number of nitrogens with zero attached hydrogens (tertiary/aromatic N) is 4. The lowest BCUT2D eigenvalue weighted by atomic mass is 10.4. The van der Waals surface area contributed by atoms with Crippen LogP contribution in [0.5, 0.6) is 0 Å². The summed E-state index contributed by atoms with van der Waals surface area (Å²) >= 11 is 0. The van der Waals surface area contributed by atoms with Gasteiger partial charge in [0, 0.05) is 13.1 Å². The Hall–Kier alpha value is -2.44. The van der Waals surface area contributed by atoms with E-state index in [-0.39, 0.29) is 5.69 Å². The zero-order valence-corrected chi connectivity index (χ0v) is 9.07. The van der Waals surface area contributed by atoms with Gasteiger partial charge in [-0.05, 0) is 0 Å². The first kappa shape index (κ1) is 11.1. The van der Waals surface area contributed by atoms with Gasteiger partial charge in [-0.2, -0.15) is 0 Å². The lowest BCUT2D eigenvalue weighted by molar-refractivity contribution is 0.0690. The van der Waals surface area contributed by atoms with Crippen molar-refractivity contribution in [3.8, 4) is 0 Å². The van der Waals surface area contributed by atoms with E-state index in [1.807, 2.05) is 0 Å². The van der Waals surface area contributed by atoms with Gasteiger partial charge in [0.15, 0.2) is 5.69 Å². The van der Waals surface area contributed by atoms with E-state index in [1.165, 1.54) is 18.7 Å². The molecule has 7 nitrogen and oxygen atoms in total. The van der Waals surface area contributed by atoms with Crippen molar-refractivity contribution in [2.75, 3.05) is 11.9 Å². The predicted molar refractivity (Wildman–Crippen MR) is 57.6 cm³/mol. The second kappa shape index (κ2) is 4.60. The minimum Gasteiger partial charge on any atom is -0.476 e. The Kier molecular flexibility index (Phi) is 2.99. The highest BCUT2D eigenvalue weighted by Gasteiger charge is 2.09. The third kappa shape index (κ3) is 2.57. The van der Waals surface area contributed by atoms with Gasteiger partial charge in [0.2, 0.25) is 0 Å². The zero-order chi connectivity index (χ0) is 12.3. The molecular formula is C10H10N4O3. The maximum Gasteiger partial charge on any atom is 0.356 e. The van der Waals surface area contributed by atoms with E-state index in [4.69, 9.17) is 9.63 Å². The number of rotatable bonds is 4. The van der Waals surface area contributed by atoms with Crippen molar-refractivity contribution in [3.63, 3.8) is 0 Å². The molecule has 0 atom stereocenters. The van der Waals surface area contributed by atoms with Crippen LogP contribution in [0, 0.1) is 0 Å². The number of carboxylic acid groups (broad SMARTS) is 1. The first-order valence-electron chi connectivity index (χ1n) is 4.82. The van der Waals surface area contributed by atoms with E-state index >= 15 is 0 Å². The van der Waals surface area contributed by atoms with Gasteiger partial charge in [-0.25, -0.2) is 14.8 Å². The van der Waals surface area contributed by atoms with Gasteiger partial charge in [0.25, 0.3) is 0 Å². The third-order valence-electron chi connectivity index (χ3n) is 2.14. The smallest absolute Gasteiger partial charge is 0.356 e. The van der Waals surface area contributed by atoms with E-state index in [0.29, 0.717) is 12.4 Å². The molecule has 0 bridgehead atoms. The van der Waals surface area contributed by atoms with Crippen LogP contribution in [0.4, 0.5) is 5.82 Å². The molecule has 2 aromatic rings. The van der Waals surface area contributed by atoms with Crippen LogP contribution in [-0.4, -0.2) is 33.2 Å². The molecule has 88 valence electrons. The van der Waals surface area contributed by atoms with E-state index < -0.39 is 5.97 Å². The van der Waals surface area contributed by atoms with Crippen LogP contribution in [-0.2, 0) is 6.54 Å². The summed E-state index contributed by atoms with van der Waals surface area (Å²) in [5, 5.41) is 12.5. The molecule has 7 heteroatoms. The molecule has 0 aromatic carbocycles. The number of hydrogen-bond donors (Lipinski definition) is 1. The molecular weight excluding hydrogens is 224 g/mol. The Morgan fingerprint density at radius 1 is 1.47 bits per heavy atom. The fourth-order valence-corrected chi connectivity index (χ4v) is 1.27. The van der Waals surface area contributed by atoms with E-state index in [2.05, 4.69) is 15.1 Å². The van der Waals surface area contributed by atoms with Gasteiger partial charge in [-0.3, -0.25) is 0 Å². The average Bonchev–Trinajstić information content (AvgIpc) is 2.82. The Morgan fingerprint density at radius 3 is 2.82 bits per heavy atom. The molecule has 0 aliphatic heterocycles. The fourth-order valence-electron chi connectivity index (χ4n) is 1.27. The largest absolute Gasteiger partial charge is 0.476 e.